The summed E-state index contributed by atoms with van der Waals surface area (Å²) in [5.41, 5.74) is 7.98. The molecule has 2 N–H and O–H groups in total. The molecule has 1 aliphatic rings. The Morgan fingerprint density at radius 2 is 1.97 bits per heavy atom. The number of carbonyl (C=O) groups excluding carboxylic acids is 1. The van der Waals surface area contributed by atoms with Crippen LogP contribution in [0.3, 0.4) is 0 Å². The molecule has 1 aromatic carbocycles. The largest absolute Gasteiger partial charge is 0.394 e. The highest BCUT2D eigenvalue weighted by Gasteiger charge is 2.32. The first-order chi connectivity index (χ1) is 13.9. The van der Waals surface area contributed by atoms with Gasteiger partial charge in [0.2, 0.25) is 0 Å². The van der Waals surface area contributed by atoms with Crippen LogP contribution in [0.1, 0.15) is 44.9 Å². The average Bonchev–Trinajstić information content (AvgIpc) is 2.95. The maximum absolute atomic E-state index is 13.0. The number of hydrogen-bond acceptors (Lipinski definition) is 4. The molecule has 4 rings (SSSR count). The molecule has 1 fully saturated rings. The van der Waals surface area contributed by atoms with Crippen LogP contribution in [0.15, 0.2) is 30.5 Å². The highest BCUT2D eigenvalue weighted by molar-refractivity contribution is 5.96. The number of hydrogen-bond donors (Lipinski definition) is 2. The number of anilines is 1. The third kappa shape index (κ3) is 3.38. The molecular formula is C23H28N4O2. The van der Waals surface area contributed by atoms with Gasteiger partial charge >= 0.3 is 0 Å². The van der Waals surface area contributed by atoms with Gasteiger partial charge in [-0.15, -0.1) is 0 Å². The van der Waals surface area contributed by atoms with Crippen molar-refractivity contribution in [3.8, 4) is 0 Å². The van der Waals surface area contributed by atoms with Gasteiger partial charge in [0, 0.05) is 25.0 Å². The van der Waals surface area contributed by atoms with Gasteiger partial charge in [-0.2, -0.15) is 0 Å². The molecule has 1 amide bonds. The summed E-state index contributed by atoms with van der Waals surface area (Å²) in [5, 5.41) is 13.0. The molecule has 0 bridgehead atoms. The number of likely N-dealkylation sites (tertiary alicyclic amines) is 1. The minimum Gasteiger partial charge on any atom is -0.394 e. The van der Waals surface area contributed by atoms with E-state index in [1.165, 1.54) is 16.7 Å². The number of nitrogens with one attached hydrogen (secondary N) is 1. The Labute approximate surface area is 171 Å². The third-order valence-electron chi connectivity index (χ3n) is 6.16. The van der Waals surface area contributed by atoms with Crippen LogP contribution in [0, 0.1) is 27.7 Å². The molecule has 1 unspecified atom stereocenters. The average molecular weight is 393 g/mol. The van der Waals surface area contributed by atoms with E-state index in [2.05, 4.69) is 37.4 Å². The number of rotatable bonds is 5. The fraction of sp³-hybridized carbons (Fsp3) is 0.391. The molecule has 0 spiro atoms. The summed E-state index contributed by atoms with van der Waals surface area (Å²) in [6, 6.07) is 8.11. The molecule has 2 aromatic heterocycles. The number of imidazole rings is 1. The number of aliphatic hydroxyl groups is 1. The highest BCUT2D eigenvalue weighted by Crippen LogP contribution is 2.26. The van der Waals surface area contributed by atoms with E-state index in [1.807, 2.05) is 30.5 Å². The van der Waals surface area contributed by atoms with Crippen LogP contribution < -0.4 is 5.32 Å². The van der Waals surface area contributed by atoms with Crippen LogP contribution in [0.4, 0.5) is 5.69 Å². The van der Waals surface area contributed by atoms with E-state index in [0.29, 0.717) is 18.7 Å². The number of aliphatic hydroxyl groups excluding tert-OH is 1. The Morgan fingerprint density at radius 3 is 2.59 bits per heavy atom. The maximum Gasteiger partial charge on any atom is 0.255 e. The van der Waals surface area contributed by atoms with Crippen molar-refractivity contribution in [2.75, 3.05) is 18.5 Å². The summed E-state index contributed by atoms with van der Waals surface area (Å²) in [5.74, 6) is -0.0434. The Kier molecular flexibility index (Phi) is 5.04. The molecule has 0 saturated carbocycles. The van der Waals surface area contributed by atoms with E-state index in [1.54, 1.807) is 4.90 Å². The van der Waals surface area contributed by atoms with Crippen molar-refractivity contribution in [2.45, 2.75) is 46.7 Å². The number of pyridine rings is 1. The topological polar surface area (TPSA) is 69.9 Å². The first kappa shape index (κ1) is 19.5. The number of aromatic nitrogens is 2. The number of benzene rings is 1. The molecule has 3 heterocycles. The quantitative estimate of drug-likeness (QED) is 0.698. The molecule has 0 radical (unpaired) electrons. The zero-order valence-electron chi connectivity index (χ0n) is 17.5. The van der Waals surface area contributed by atoms with Crippen LogP contribution in [0.2, 0.25) is 0 Å². The molecule has 152 valence electrons. The molecule has 6 heteroatoms. The van der Waals surface area contributed by atoms with Crippen molar-refractivity contribution in [1.82, 2.24) is 14.3 Å². The van der Waals surface area contributed by atoms with Crippen molar-refractivity contribution >= 4 is 17.2 Å². The number of nitrogens with zero attached hydrogens (tertiary/aromatic N) is 3. The number of fused-ring (bicyclic) bond motifs is 1. The second-order valence-corrected chi connectivity index (χ2v) is 7.97. The second kappa shape index (κ2) is 7.52. The van der Waals surface area contributed by atoms with E-state index >= 15 is 0 Å². The molecule has 0 aliphatic carbocycles. The highest BCUT2D eigenvalue weighted by atomic mass is 16.3. The lowest BCUT2D eigenvalue weighted by Gasteiger charge is -2.40. The van der Waals surface area contributed by atoms with Crippen molar-refractivity contribution in [3.05, 3.63) is 64.1 Å². The van der Waals surface area contributed by atoms with Gasteiger partial charge in [-0.05, 0) is 56.9 Å². The number of amides is 1. The van der Waals surface area contributed by atoms with Gasteiger partial charge in [-0.1, -0.05) is 18.2 Å². The van der Waals surface area contributed by atoms with Crippen molar-refractivity contribution in [2.24, 2.45) is 0 Å². The zero-order valence-corrected chi connectivity index (χ0v) is 17.5. The lowest BCUT2D eigenvalue weighted by atomic mass is 10.0. The van der Waals surface area contributed by atoms with E-state index in [0.717, 1.165) is 29.1 Å². The van der Waals surface area contributed by atoms with Gasteiger partial charge < -0.3 is 19.7 Å². The molecule has 29 heavy (non-hydrogen) atoms. The molecule has 1 atom stereocenters. The van der Waals surface area contributed by atoms with Crippen molar-refractivity contribution in [1.29, 1.82) is 0 Å². The monoisotopic (exact) mass is 392 g/mol. The van der Waals surface area contributed by atoms with Crippen molar-refractivity contribution < 1.29 is 9.90 Å². The predicted molar refractivity (Wildman–Crippen MR) is 114 cm³/mol. The maximum atomic E-state index is 13.0. The normalized spacial score (nSPS) is 16.2. The van der Waals surface area contributed by atoms with Gasteiger partial charge in [-0.25, -0.2) is 4.98 Å². The molecule has 1 saturated heterocycles. The first-order valence-electron chi connectivity index (χ1n) is 10.1. The van der Waals surface area contributed by atoms with Gasteiger partial charge in [0.1, 0.15) is 0 Å². The Bertz CT molecular complexity index is 1060. The van der Waals surface area contributed by atoms with E-state index in [4.69, 9.17) is 4.98 Å². The Morgan fingerprint density at radius 1 is 1.24 bits per heavy atom. The fourth-order valence-electron chi connectivity index (χ4n) is 3.99. The number of aryl methyl sites for hydroxylation is 4. The van der Waals surface area contributed by atoms with E-state index in [9.17, 15) is 9.90 Å². The standard InChI is InChI=1S/C23H28N4O2/c1-14-6-5-7-15(2)20(14)11-24-21-10-18(23(29)26-9-8-19(26)13-28)12-27-17(4)16(3)25-22(21)27/h5-7,10,12,19,24,28H,8-9,11,13H2,1-4H3. The van der Waals surface area contributed by atoms with Crippen LogP contribution >= 0.6 is 0 Å². The van der Waals surface area contributed by atoms with Crippen LogP contribution in [0.5, 0.6) is 0 Å². The Hall–Kier alpha value is -2.86. The third-order valence-corrected chi connectivity index (χ3v) is 6.16. The summed E-state index contributed by atoms with van der Waals surface area (Å²) < 4.78 is 1.99. The van der Waals surface area contributed by atoms with Crippen LogP contribution in [-0.4, -0.2) is 44.5 Å². The fourth-order valence-corrected chi connectivity index (χ4v) is 3.99. The van der Waals surface area contributed by atoms with E-state index < -0.39 is 0 Å². The lowest BCUT2D eigenvalue weighted by Crippen LogP contribution is -2.52. The SMILES string of the molecule is Cc1cccc(C)c1CNc1cc(C(=O)N2CCC2CO)cn2c(C)c(C)nc12. The summed E-state index contributed by atoms with van der Waals surface area (Å²) in [4.78, 5) is 19.5. The predicted octanol–water partition coefficient (Wildman–Crippen LogP) is 3.39. The number of carbonyl (C=O) groups is 1. The molecule has 3 aromatic rings. The van der Waals surface area contributed by atoms with E-state index in [-0.39, 0.29) is 18.6 Å². The van der Waals surface area contributed by atoms with Crippen LogP contribution in [0.25, 0.3) is 5.65 Å². The second-order valence-electron chi connectivity index (χ2n) is 7.97. The summed E-state index contributed by atoms with van der Waals surface area (Å²) in [6.45, 7) is 9.59. The minimum atomic E-state index is -0.0742. The van der Waals surface area contributed by atoms with Crippen molar-refractivity contribution in [3.63, 3.8) is 0 Å². The van der Waals surface area contributed by atoms with Gasteiger partial charge in [-0.3, -0.25) is 4.79 Å². The zero-order chi connectivity index (χ0) is 20.7. The summed E-state index contributed by atoms with van der Waals surface area (Å²) in [6.07, 6.45) is 2.72. The van der Waals surface area contributed by atoms with Crippen LogP contribution in [-0.2, 0) is 6.54 Å². The lowest BCUT2D eigenvalue weighted by molar-refractivity contribution is 0.0295. The first-order valence-corrected chi connectivity index (χ1v) is 10.1. The summed E-state index contributed by atoms with van der Waals surface area (Å²) in [7, 11) is 0. The van der Waals surface area contributed by atoms with Gasteiger partial charge in [0.15, 0.2) is 5.65 Å². The van der Waals surface area contributed by atoms with Gasteiger partial charge in [0.05, 0.1) is 29.6 Å². The Balaban J connectivity index is 1.72. The smallest absolute Gasteiger partial charge is 0.255 e. The molecule has 6 nitrogen and oxygen atoms in total. The molecular weight excluding hydrogens is 364 g/mol. The van der Waals surface area contributed by atoms with Gasteiger partial charge in [0.25, 0.3) is 5.91 Å². The molecule has 1 aliphatic heterocycles. The summed E-state index contributed by atoms with van der Waals surface area (Å²) >= 11 is 0. The minimum absolute atomic E-state index is 0.00879.